The summed E-state index contributed by atoms with van der Waals surface area (Å²) in [5.74, 6) is 0. The van der Waals surface area contributed by atoms with E-state index in [1.807, 2.05) is 8.50 Å². The molecule has 0 aromatic heterocycles. The SMILES string of the molecule is [AlH2][S][AlH2].[Li]. The molecule has 1 radical (unpaired) electrons. The summed E-state index contributed by atoms with van der Waals surface area (Å²) in [5.41, 5.74) is 0. The first-order valence-corrected chi connectivity index (χ1v) is 7.35. The zero-order valence-electron chi connectivity index (χ0n) is 3.41. The second-order valence-corrected chi connectivity index (χ2v) is 11.0. The fourth-order valence-corrected chi connectivity index (χ4v) is 0. The van der Waals surface area contributed by atoms with Crippen molar-refractivity contribution in [1.29, 1.82) is 0 Å². The average molecular weight is 97.0 g/mol. The maximum Gasteiger partial charge on any atom is 0.273 e. The van der Waals surface area contributed by atoms with Gasteiger partial charge >= 0.3 is 0 Å². The maximum absolute atomic E-state index is 2.03. The van der Waals surface area contributed by atoms with Crippen LogP contribution in [0.2, 0.25) is 0 Å². The van der Waals surface area contributed by atoms with Crippen LogP contribution in [-0.4, -0.2) is 49.2 Å². The van der Waals surface area contributed by atoms with Crippen LogP contribution in [0.1, 0.15) is 0 Å². The van der Waals surface area contributed by atoms with E-state index in [4.69, 9.17) is 0 Å². The summed E-state index contributed by atoms with van der Waals surface area (Å²) in [4.78, 5) is 0. The molecule has 0 spiro atoms. The van der Waals surface area contributed by atoms with Gasteiger partial charge in [-0.05, 0) is 0 Å². The van der Waals surface area contributed by atoms with E-state index in [1.165, 1.54) is 30.3 Å². The molecule has 0 aromatic rings. The third-order valence-corrected chi connectivity index (χ3v) is 0. The second-order valence-electron chi connectivity index (χ2n) is 0.408. The van der Waals surface area contributed by atoms with Crippen LogP contribution in [0.15, 0.2) is 0 Å². The van der Waals surface area contributed by atoms with Gasteiger partial charge in [-0.25, -0.2) is 0 Å². The predicted molar refractivity (Wildman–Crippen MR) is 30.4 cm³/mol. The normalized spacial score (nSPS) is 4.00. The smallest absolute Gasteiger partial charge is 0.273 e. The molecule has 4 heteroatoms. The first kappa shape index (κ1) is 9.38. The molecule has 4 heavy (non-hydrogen) atoms. The van der Waals surface area contributed by atoms with Crippen LogP contribution in [0, 0.1) is 0 Å². The minimum Gasteiger partial charge on any atom is -0.359 e. The molecule has 0 nitrogen and oxygen atoms in total. The Labute approximate surface area is 57.2 Å². The van der Waals surface area contributed by atoms with E-state index in [-0.39, 0.29) is 18.9 Å². The van der Waals surface area contributed by atoms with Gasteiger partial charge in [0.25, 0.3) is 30.3 Å². The molecule has 0 fully saturated rings. The molecule has 0 bridgehead atoms. The van der Waals surface area contributed by atoms with Gasteiger partial charge in [-0.1, -0.05) is 0 Å². The van der Waals surface area contributed by atoms with Crippen molar-refractivity contribution in [2.75, 3.05) is 0 Å². The summed E-state index contributed by atoms with van der Waals surface area (Å²) in [6, 6.07) is 0. The van der Waals surface area contributed by atoms with Gasteiger partial charge in [0.15, 0.2) is 0 Å². The first-order chi connectivity index (χ1) is 1.41. The Morgan fingerprint density at radius 3 is 1.25 bits per heavy atom. The maximum atomic E-state index is 2.03. The monoisotopic (exact) mass is 97.0 g/mol. The Hall–Kier alpha value is 2.01. The van der Waals surface area contributed by atoms with Crippen LogP contribution >= 0.6 is 8.50 Å². The van der Waals surface area contributed by atoms with Crippen LogP contribution in [-0.2, 0) is 0 Å². The van der Waals surface area contributed by atoms with Crippen molar-refractivity contribution in [2.24, 2.45) is 0 Å². The number of hydrogen-bond donors (Lipinski definition) is 0. The zero-order chi connectivity index (χ0) is 2.71. The third-order valence-electron chi connectivity index (χ3n) is 0. The van der Waals surface area contributed by atoms with Gasteiger partial charge in [-0.3, -0.25) is 0 Å². The standard InChI is InChI=1S/2Al.Li.S.4H. The third kappa shape index (κ3) is 8.99. The molecule has 0 N–H and O–H groups in total. The molecule has 0 aliphatic rings. The summed E-state index contributed by atoms with van der Waals surface area (Å²) >= 11 is 2.69. The van der Waals surface area contributed by atoms with Gasteiger partial charge in [0.05, 0.1) is 0 Å². The summed E-state index contributed by atoms with van der Waals surface area (Å²) in [6.07, 6.45) is 0. The molecule has 0 saturated carbocycles. The van der Waals surface area contributed by atoms with E-state index >= 15 is 0 Å². The van der Waals surface area contributed by atoms with Crippen molar-refractivity contribution >= 4 is 57.7 Å². The molecule has 17 valence electrons. The Kier molecular flexibility index (Phi) is 20.9. The topological polar surface area (TPSA) is 0 Å². The average Bonchev–Trinajstić information content (AvgIpc) is 0.918. The van der Waals surface area contributed by atoms with Gasteiger partial charge in [0, 0.05) is 18.9 Å². The molecule has 0 atom stereocenters. The van der Waals surface area contributed by atoms with E-state index in [0.29, 0.717) is 0 Å². The Balaban J connectivity index is 0. The zero-order valence-corrected chi connectivity index (χ0v) is 8.22. The predicted octanol–water partition coefficient (Wildman–Crippen LogP) is -1.57. The van der Waals surface area contributed by atoms with Crippen LogP contribution in [0.5, 0.6) is 0 Å². The molecular weight excluding hydrogens is 93.0 g/mol. The quantitative estimate of drug-likeness (QED) is 0.329. The minimum atomic E-state index is 0. The molecule has 0 heterocycles. The van der Waals surface area contributed by atoms with Crippen molar-refractivity contribution in [3.05, 3.63) is 0 Å². The van der Waals surface area contributed by atoms with Crippen LogP contribution in [0.4, 0.5) is 0 Å². The fraction of sp³-hybridized carbons (Fsp3) is 0. The van der Waals surface area contributed by atoms with Gasteiger partial charge in [-0.15, -0.1) is 0 Å². The molecule has 0 rings (SSSR count). The van der Waals surface area contributed by atoms with Gasteiger partial charge in [0.1, 0.15) is 0 Å². The summed E-state index contributed by atoms with van der Waals surface area (Å²) in [5, 5.41) is 0. The van der Waals surface area contributed by atoms with Crippen LogP contribution in [0.25, 0.3) is 0 Å². The van der Waals surface area contributed by atoms with Crippen molar-refractivity contribution in [3.8, 4) is 0 Å². The number of hydrogen-bond acceptors (Lipinski definition) is 1. The molecule has 0 aromatic carbocycles. The summed E-state index contributed by atoms with van der Waals surface area (Å²) < 4.78 is 0. The first-order valence-electron chi connectivity index (χ1n) is 0.816. The van der Waals surface area contributed by atoms with Crippen molar-refractivity contribution < 1.29 is 0 Å². The molecule has 0 saturated heterocycles. The largest absolute Gasteiger partial charge is 0.359 e. The van der Waals surface area contributed by atoms with E-state index < -0.39 is 0 Å². The van der Waals surface area contributed by atoms with E-state index in [9.17, 15) is 0 Å². The minimum absolute atomic E-state index is 0. The fourth-order valence-electron chi connectivity index (χ4n) is 0. The van der Waals surface area contributed by atoms with Crippen LogP contribution < -0.4 is 0 Å². The Bertz CT molecular complexity index is 6.00. The molecule has 0 aliphatic carbocycles. The Morgan fingerprint density at radius 2 is 1.25 bits per heavy atom. The van der Waals surface area contributed by atoms with E-state index in [1.54, 1.807) is 0 Å². The molecular formula is H4Al2LiS. The van der Waals surface area contributed by atoms with Crippen molar-refractivity contribution in [1.82, 2.24) is 0 Å². The molecule has 0 aliphatic heterocycles. The molecule has 0 unspecified atom stereocenters. The van der Waals surface area contributed by atoms with Gasteiger partial charge in [0.2, 0.25) is 0 Å². The molecule has 0 amide bonds. The summed E-state index contributed by atoms with van der Waals surface area (Å²) in [7, 11) is 2.03. The van der Waals surface area contributed by atoms with Gasteiger partial charge < -0.3 is 8.50 Å². The van der Waals surface area contributed by atoms with E-state index in [0.717, 1.165) is 0 Å². The summed E-state index contributed by atoms with van der Waals surface area (Å²) in [6.45, 7) is 0. The van der Waals surface area contributed by atoms with Crippen molar-refractivity contribution in [3.63, 3.8) is 0 Å². The Morgan fingerprint density at radius 1 is 1.25 bits per heavy atom. The second kappa shape index (κ2) is 8.89. The van der Waals surface area contributed by atoms with Crippen LogP contribution in [0.3, 0.4) is 0 Å². The number of rotatable bonds is 0. The van der Waals surface area contributed by atoms with Crippen molar-refractivity contribution in [2.45, 2.75) is 0 Å². The van der Waals surface area contributed by atoms with E-state index in [2.05, 4.69) is 0 Å². The van der Waals surface area contributed by atoms with Gasteiger partial charge in [-0.2, -0.15) is 0 Å².